The van der Waals surface area contributed by atoms with Gasteiger partial charge in [0.25, 0.3) is 5.91 Å². The van der Waals surface area contributed by atoms with E-state index in [1.165, 1.54) is 11.3 Å². The number of hydrogen-bond donors (Lipinski definition) is 2. The molecule has 1 aromatic heterocycles. The van der Waals surface area contributed by atoms with E-state index in [-0.39, 0.29) is 30.2 Å². The molecule has 0 aliphatic carbocycles. The van der Waals surface area contributed by atoms with Crippen molar-refractivity contribution in [2.24, 2.45) is 4.99 Å². The molecule has 35 heavy (non-hydrogen) atoms. The quantitative estimate of drug-likeness (QED) is 0.472. The van der Waals surface area contributed by atoms with E-state index >= 15 is 0 Å². The molecule has 10 heteroatoms. The van der Waals surface area contributed by atoms with Gasteiger partial charge in [0, 0.05) is 30.7 Å². The van der Waals surface area contributed by atoms with Gasteiger partial charge in [0.1, 0.15) is 11.8 Å². The first-order valence-corrected chi connectivity index (χ1v) is 12.9. The highest BCUT2D eigenvalue weighted by atomic mass is 32.1. The molecule has 2 aliphatic rings. The molecule has 4 rings (SSSR count). The normalized spacial score (nSPS) is 18.8. The average Bonchev–Trinajstić information content (AvgIpc) is 3.57. The van der Waals surface area contributed by atoms with Crippen LogP contribution in [-0.4, -0.2) is 72.8 Å². The van der Waals surface area contributed by atoms with Gasteiger partial charge >= 0.3 is 0 Å². The standard InChI is InChI=1S/C25H31N5O4S/c1-34-20-9-7-19(8-10-20)26-25(28-23(32)18-11-15-35-17-18)27-21-6-2-3-14-30(24(21)33)16-22(31)29-12-4-5-13-29/h7-11,15,17,21H,2-6,12-14,16H2,1H3,(H2,26,27,28,32). The number of guanidine groups is 1. The molecule has 2 saturated heterocycles. The fourth-order valence-electron chi connectivity index (χ4n) is 4.23. The van der Waals surface area contributed by atoms with Crippen molar-refractivity contribution in [1.82, 2.24) is 15.1 Å². The predicted octanol–water partition coefficient (Wildman–Crippen LogP) is 2.96. The summed E-state index contributed by atoms with van der Waals surface area (Å²) < 4.78 is 5.21. The summed E-state index contributed by atoms with van der Waals surface area (Å²) in [6.07, 6.45) is 4.19. The zero-order valence-corrected chi connectivity index (χ0v) is 20.7. The number of thiophene rings is 1. The number of nitrogens with zero attached hydrogens (tertiary/aromatic N) is 3. The Morgan fingerprint density at radius 3 is 2.51 bits per heavy atom. The lowest BCUT2D eigenvalue weighted by Gasteiger charge is -2.25. The Hall–Kier alpha value is -3.40. The average molecular weight is 498 g/mol. The van der Waals surface area contributed by atoms with Crippen LogP contribution in [-0.2, 0) is 9.59 Å². The third-order valence-electron chi connectivity index (χ3n) is 6.19. The number of methoxy groups -OCH3 is 1. The second-order valence-electron chi connectivity index (χ2n) is 8.66. The smallest absolute Gasteiger partial charge is 0.258 e. The van der Waals surface area contributed by atoms with Gasteiger partial charge in [-0.1, -0.05) is 0 Å². The summed E-state index contributed by atoms with van der Waals surface area (Å²) >= 11 is 1.43. The van der Waals surface area contributed by atoms with E-state index in [1.807, 2.05) is 10.3 Å². The summed E-state index contributed by atoms with van der Waals surface area (Å²) in [5.74, 6) is 0.385. The number of carbonyl (C=O) groups excluding carboxylic acids is 3. The van der Waals surface area contributed by atoms with Crippen LogP contribution in [0.5, 0.6) is 5.75 Å². The summed E-state index contributed by atoms with van der Waals surface area (Å²) in [7, 11) is 1.59. The maximum absolute atomic E-state index is 13.4. The zero-order chi connectivity index (χ0) is 24.6. The van der Waals surface area contributed by atoms with Gasteiger partial charge < -0.3 is 19.9 Å². The van der Waals surface area contributed by atoms with Gasteiger partial charge in [-0.15, -0.1) is 0 Å². The number of rotatable bonds is 6. The van der Waals surface area contributed by atoms with Crippen LogP contribution < -0.4 is 15.4 Å². The second kappa shape index (κ2) is 11.8. The molecule has 3 heterocycles. The first kappa shape index (κ1) is 24.7. The number of hydrogen-bond acceptors (Lipinski definition) is 6. The highest BCUT2D eigenvalue weighted by molar-refractivity contribution is 7.08. The molecular weight excluding hydrogens is 466 g/mol. The Kier molecular flexibility index (Phi) is 8.36. The van der Waals surface area contributed by atoms with E-state index in [0.29, 0.717) is 30.0 Å². The molecule has 2 aromatic rings. The van der Waals surface area contributed by atoms with Gasteiger partial charge in [-0.05, 0) is 67.8 Å². The van der Waals surface area contributed by atoms with Crippen molar-refractivity contribution in [3.8, 4) is 5.75 Å². The second-order valence-corrected chi connectivity index (χ2v) is 9.44. The van der Waals surface area contributed by atoms with Crippen molar-refractivity contribution in [3.63, 3.8) is 0 Å². The Bertz CT molecular complexity index is 1050. The molecule has 9 nitrogen and oxygen atoms in total. The molecule has 2 fully saturated rings. The Balaban J connectivity index is 1.53. The van der Waals surface area contributed by atoms with E-state index in [9.17, 15) is 14.4 Å². The maximum Gasteiger partial charge on any atom is 0.258 e. The molecule has 0 radical (unpaired) electrons. The van der Waals surface area contributed by atoms with E-state index in [4.69, 9.17) is 4.74 Å². The topological polar surface area (TPSA) is 103 Å². The Labute approximate surface area is 209 Å². The van der Waals surface area contributed by atoms with Crippen molar-refractivity contribution in [2.75, 3.05) is 38.6 Å². The summed E-state index contributed by atoms with van der Waals surface area (Å²) in [4.78, 5) is 46.9. The number of anilines is 1. The number of benzene rings is 1. The molecule has 3 amide bonds. The van der Waals surface area contributed by atoms with Crippen LogP contribution in [0.4, 0.5) is 5.69 Å². The highest BCUT2D eigenvalue weighted by Crippen LogP contribution is 2.18. The number of likely N-dealkylation sites (tertiary alicyclic amines) is 2. The molecule has 0 bridgehead atoms. The number of ether oxygens (including phenoxy) is 1. The lowest BCUT2D eigenvalue weighted by atomic mass is 10.1. The van der Waals surface area contributed by atoms with E-state index in [0.717, 1.165) is 38.8 Å². The van der Waals surface area contributed by atoms with Gasteiger partial charge in [0.15, 0.2) is 0 Å². The molecular formula is C25H31N5O4S. The molecule has 1 atom stereocenters. The van der Waals surface area contributed by atoms with Crippen LogP contribution in [0.15, 0.2) is 46.1 Å². The van der Waals surface area contributed by atoms with Crippen LogP contribution in [0, 0.1) is 0 Å². The molecule has 186 valence electrons. The van der Waals surface area contributed by atoms with Crippen LogP contribution in [0.1, 0.15) is 42.5 Å². The minimum atomic E-state index is -0.688. The van der Waals surface area contributed by atoms with Crippen LogP contribution >= 0.6 is 11.3 Å². The Morgan fingerprint density at radius 2 is 1.83 bits per heavy atom. The monoisotopic (exact) mass is 497 g/mol. The van der Waals surface area contributed by atoms with Crippen LogP contribution in [0.25, 0.3) is 0 Å². The molecule has 2 aliphatic heterocycles. The van der Waals surface area contributed by atoms with Crippen molar-refractivity contribution < 1.29 is 19.1 Å². The van der Waals surface area contributed by atoms with Crippen LogP contribution in [0.3, 0.4) is 0 Å². The van der Waals surface area contributed by atoms with Crippen molar-refractivity contribution in [3.05, 3.63) is 46.7 Å². The number of aliphatic imine (C=N–C) groups is 1. The van der Waals surface area contributed by atoms with Crippen molar-refractivity contribution >= 4 is 40.7 Å². The van der Waals surface area contributed by atoms with Gasteiger partial charge in [-0.25, -0.2) is 4.99 Å². The fourth-order valence-corrected chi connectivity index (χ4v) is 4.86. The fraction of sp³-hybridized carbons (Fsp3) is 0.440. The van der Waals surface area contributed by atoms with E-state index in [2.05, 4.69) is 15.6 Å². The van der Waals surface area contributed by atoms with E-state index < -0.39 is 6.04 Å². The third kappa shape index (κ3) is 6.60. The maximum atomic E-state index is 13.4. The number of amides is 3. The first-order chi connectivity index (χ1) is 17.0. The molecule has 1 aromatic carbocycles. The summed E-state index contributed by atoms with van der Waals surface area (Å²) in [6.45, 7) is 2.13. The molecule has 0 spiro atoms. The van der Waals surface area contributed by atoms with Crippen molar-refractivity contribution in [1.29, 1.82) is 0 Å². The lowest BCUT2D eigenvalue weighted by molar-refractivity contribution is -0.140. The Morgan fingerprint density at radius 1 is 1.09 bits per heavy atom. The first-order valence-electron chi connectivity index (χ1n) is 11.9. The SMILES string of the molecule is COc1ccc(NC(=NC2CCCCN(CC(=O)N3CCCC3)C2=O)NC(=O)c2ccsc2)cc1. The summed E-state index contributed by atoms with van der Waals surface area (Å²) in [6, 6.07) is 8.24. The zero-order valence-electron chi connectivity index (χ0n) is 19.9. The lowest BCUT2D eigenvalue weighted by Crippen LogP contribution is -2.45. The number of carbonyl (C=O) groups is 3. The minimum Gasteiger partial charge on any atom is -0.497 e. The predicted molar refractivity (Wildman–Crippen MR) is 136 cm³/mol. The van der Waals surface area contributed by atoms with Crippen molar-refractivity contribution in [2.45, 2.75) is 38.1 Å². The highest BCUT2D eigenvalue weighted by Gasteiger charge is 2.30. The van der Waals surface area contributed by atoms with Gasteiger partial charge in [0.05, 0.1) is 19.2 Å². The van der Waals surface area contributed by atoms with E-state index in [1.54, 1.807) is 47.7 Å². The molecule has 2 N–H and O–H groups in total. The van der Waals surface area contributed by atoms with Crippen LogP contribution in [0.2, 0.25) is 0 Å². The van der Waals surface area contributed by atoms with Gasteiger partial charge in [-0.3, -0.25) is 19.7 Å². The molecule has 1 unspecified atom stereocenters. The summed E-state index contributed by atoms with van der Waals surface area (Å²) in [5, 5.41) is 9.53. The third-order valence-corrected chi connectivity index (χ3v) is 6.87. The number of nitrogens with one attached hydrogen (secondary N) is 2. The summed E-state index contributed by atoms with van der Waals surface area (Å²) in [5.41, 5.74) is 1.21. The van der Waals surface area contributed by atoms with Gasteiger partial charge in [0.2, 0.25) is 17.8 Å². The minimum absolute atomic E-state index is 0.0113. The molecule has 0 saturated carbocycles. The van der Waals surface area contributed by atoms with Gasteiger partial charge in [-0.2, -0.15) is 11.3 Å². The largest absolute Gasteiger partial charge is 0.497 e.